The van der Waals surface area contributed by atoms with Gasteiger partial charge < -0.3 is 14.6 Å². The molecule has 5 heteroatoms. The zero-order valence-electron chi connectivity index (χ0n) is 11.0. The molecule has 0 saturated carbocycles. The second kappa shape index (κ2) is 7.16. The predicted molar refractivity (Wildman–Crippen MR) is 73.4 cm³/mol. The Hall–Kier alpha value is -1.52. The van der Waals surface area contributed by atoms with Crippen molar-refractivity contribution >= 4 is 17.6 Å². The maximum atomic E-state index is 11.4. The van der Waals surface area contributed by atoms with Crippen LogP contribution in [0.4, 0.5) is 0 Å². The minimum atomic E-state index is -1.34. The molecule has 19 heavy (non-hydrogen) atoms. The molecule has 0 aliphatic rings. The van der Waals surface area contributed by atoms with Crippen molar-refractivity contribution in [3.8, 4) is 5.75 Å². The first-order chi connectivity index (χ1) is 8.95. The number of ether oxygens (including phenoxy) is 2. The molecule has 0 aromatic heterocycles. The smallest absolute Gasteiger partial charge is 0.339 e. The Morgan fingerprint density at radius 3 is 2.74 bits per heavy atom. The number of esters is 1. The Morgan fingerprint density at radius 1 is 1.53 bits per heavy atom. The molecule has 1 aromatic rings. The van der Waals surface area contributed by atoms with Crippen LogP contribution in [0.3, 0.4) is 0 Å². The van der Waals surface area contributed by atoms with E-state index in [4.69, 9.17) is 21.1 Å². The van der Waals surface area contributed by atoms with E-state index in [-0.39, 0.29) is 6.61 Å². The molecule has 4 nitrogen and oxygen atoms in total. The summed E-state index contributed by atoms with van der Waals surface area (Å²) in [5.74, 6) is -0.223. The highest BCUT2D eigenvalue weighted by Gasteiger charge is 2.19. The van der Waals surface area contributed by atoms with Crippen molar-refractivity contribution in [1.82, 2.24) is 0 Å². The molecule has 1 rings (SSSR count). The number of aliphatic hydroxyl groups is 1. The van der Waals surface area contributed by atoms with E-state index >= 15 is 0 Å². The summed E-state index contributed by atoms with van der Waals surface area (Å²) in [5, 5.41) is 10.1. The van der Waals surface area contributed by atoms with Crippen molar-refractivity contribution in [1.29, 1.82) is 0 Å². The van der Waals surface area contributed by atoms with Gasteiger partial charge in [0, 0.05) is 0 Å². The van der Waals surface area contributed by atoms with Crippen LogP contribution >= 0.6 is 11.6 Å². The van der Waals surface area contributed by atoms with Gasteiger partial charge in [-0.2, -0.15) is 0 Å². The fourth-order valence-corrected chi connectivity index (χ4v) is 1.61. The van der Waals surface area contributed by atoms with Gasteiger partial charge in [-0.25, -0.2) is 4.79 Å². The minimum Gasteiger partial charge on any atom is -0.488 e. The van der Waals surface area contributed by atoms with Gasteiger partial charge in [-0.1, -0.05) is 24.2 Å². The Labute approximate surface area is 117 Å². The van der Waals surface area contributed by atoms with E-state index in [2.05, 4.69) is 6.58 Å². The average molecular weight is 285 g/mol. The molecular weight excluding hydrogens is 268 g/mol. The van der Waals surface area contributed by atoms with E-state index in [1.165, 1.54) is 6.07 Å². The number of carbonyl (C=O) groups excluding carboxylic acids is 1. The molecule has 1 aromatic carbocycles. The second-order valence-electron chi connectivity index (χ2n) is 4.09. The zero-order valence-corrected chi connectivity index (χ0v) is 11.7. The first kappa shape index (κ1) is 15.5. The van der Waals surface area contributed by atoms with Crippen LogP contribution in [0.25, 0.3) is 0 Å². The topological polar surface area (TPSA) is 55.8 Å². The Kier molecular flexibility index (Phi) is 5.86. The van der Waals surface area contributed by atoms with Crippen molar-refractivity contribution in [2.24, 2.45) is 0 Å². The van der Waals surface area contributed by atoms with Crippen LogP contribution in [0.15, 0.2) is 30.4 Å². The first-order valence-corrected chi connectivity index (χ1v) is 6.24. The lowest BCUT2D eigenvalue weighted by atomic mass is 10.1. The van der Waals surface area contributed by atoms with Crippen LogP contribution in [-0.4, -0.2) is 24.3 Å². The minimum absolute atomic E-state index is 0.212. The highest BCUT2D eigenvalue weighted by atomic mass is 35.5. The van der Waals surface area contributed by atoms with Crippen molar-refractivity contribution in [3.05, 3.63) is 40.9 Å². The number of aliphatic hydroxyl groups excluding tert-OH is 1. The lowest BCUT2D eigenvalue weighted by Crippen LogP contribution is -2.15. The monoisotopic (exact) mass is 284 g/mol. The lowest BCUT2D eigenvalue weighted by molar-refractivity contribution is -0.153. The normalized spacial score (nSPS) is 11.8. The van der Waals surface area contributed by atoms with E-state index < -0.39 is 12.1 Å². The third-order valence-corrected chi connectivity index (χ3v) is 2.55. The van der Waals surface area contributed by atoms with Gasteiger partial charge in [0.25, 0.3) is 0 Å². The van der Waals surface area contributed by atoms with Gasteiger partial charge in [0.2, 0.25) is 0 Å². The molecule has 1 atom stereocenters. The number of hydrogen-bond acceptors (Lipinski definition) is 4. The summed E-state index contributed by atoms with van der Waals surface area (Å²) in [7, 11) is 0. The summed E-state index contributed by atoms with van der Waals surface area (Å²) >= 11 is 6.02. The summed E-state index contributed by atoms with van der Waals surface area (Å²) in [6.07, 6.45) is -1.34. The Bertz CT molecular complexity index is 471. The molecule has 0 spiro atoms. The molecule has 0 fully saturated rings. The SMILES string of the molecule is C=C(C)COc1ccc(C(O)C(=O)OCC)cc1Cl. The summed E-state index contributed by atoms with van der Waals surface area (Å²) in [6.45, 7) is 7.81. The summed E-state index contributed by atoms with van der Waals surface area (Å²) < 4.78 is 10.1. The van der Waals surface area contributed by atoms with Crippen molar-refractivity contribution in [2.75, 3.05) is 13.2 Å². The molecule has 104 valence electrons. The number of halogens is 1. The number of rotatable bonds is 6. The van der Waals surface area contributed by atoms with Crippen LogP contribution < -0.4 is 4.74 Å². The van der Waals surface area contributed by atoms with Gasteiger partial charge in [-0.3, -0.25) is 0 Å². The number of carbonyl (C=O) groups is 1. The van der Waals surface area contributed by atoms with Crippen LogP contribution in [-0.2, 0) is 9.53 Å². The van der Waals surface area contributed by atoms with Crippen LogP contribution in [0, 0.1) is 0 Å². The lowest BCUT2D eigenvalue weighted by Gasteiger charge is -2.12. The number of hydrogen-bond donors (Lipinski definition) is 1. The van der Waals surface area contributed by atoms with Gasteiger partial charge >= 0.3 is 5.97 Å². The fourth-order valence-electron chi connectivity index (χ4n) is 1.36. The van der Waals surface area contributed by atoms with Crippen LogP contribution in [0.2, 0.25) is 5.02 Å². The van der Waals surface area contributed by atoms with Crippen molar-refractivity contribution in [3.63, 3.8) is 0 Å². The molecule has 1 N–H and O–H groups in total. The standard InChI is InChI=1S/C14H17ClO4/c1-4-18-14(17)13(16)10-5-6-12(11(15)7-10)19-8-9(2)3/h5-7,13,16H,2,4,8H2,1,3H3. The van der Waals surface area contributed by atoms with Crippen molar-refractivity contribution in [2.45, 2.75) is 20.0 Å². The summed E-state index contributed by atoms with van der Waals surface area (Å²) in [6, 6.07) is 4.65. The highest BCUT2D eigenvalue weighted by molar-refractivity contribution is 6.32. The molecule has 0 aliphatic carbocycles. The van der Waals surface area contributed by atoms with Gasteiger partial charge in [0.15, 0.2) is 6.10 Å². The third kappa shape index (κ3) is 4.58. The van der Waals surface area contributed by atoms with Gasteiger partial charge in [-0.05, 0) is 37.1 Å². The summed E-state index contributed by atoms with van der Waals surface area (Å²) in [4.78, 5) is 11.4. The maximum Gasteiger partial charge on any atom is 0.339 e. The van der Waals surface area contributed by atoms with E-state index in [1.54, 1.807) is 19.1 Å². The molecule has 0 saturated heterocycles. The largest absolute Gasteiger partial charge is 0.488 e. The van der Waals surface area contributed by atoms with Crippen LogP contribution in [0.5, 0.6) is 5.75 Å². The van der Waals surface area contributed by atoms with Gasteiger partial charge in [0.1, 0.15) is 12.4 Å². The van der Waals surface area contributed by atoms with Crippen LogP contribution in [0.1, 0.15) is 25.5 Å². The predicted octanol–water partition coefficient (Wildman–Crippen LogP) is 2.89. The highest BCUT2D eigenvalue weighted by Crippen LogP contribution is 2.28. The molecule has 0 bridgehead atoms. The zero-order chi connectivity index (χ0) is 14.4. The van der Waals surface area contributed by atoms with Gasteiger partial charge in [0.05, 0.1) is 11.6 Å². The fraction of sp³-hybridized carbons (Fsp3) is 0.357. The maximum absolute atomic E-state index is 11.4. The molecular formula is C14H17ClO4. The quantitative estimate of drug-likeness (QED) is 0.645. The first-order valence-electron chi connectivity index (χ1n) is 5.87. The second-order valence-corrected chi connectivity index (χ2v) is 4.50. The van der Waals surface area contributed by atoms with E-state index in [0.29, 0.717) is 22.9 Å². The van der Waals surface area contributed by atoms with E-state index in [1.807, 2.05) is 6.92 Å². The molecule has 0 aliphatic heterocycles. The summed E-state index contributed by atoms with van der Waals surface area (Å²) in [5.41, 5.74) is 1.23. The Morgan fingerprint density at radius 2 is 2.21 bits per heavy atom. The molecule has 0 radical (unpaired) electrons. The third-order valence-electron chi connectivity index (χ3n) is 2.26. The number of benzene rings is 1. The average Bonchev–Trinajstić information content (AvgIpc) is 2.36. The van der Waals surface area contributed by atoms with Crippen molar-refractivity contribution < 1.29 is 19.4 Å². The van der Waals surface area contributed by atoms with Gasteiger partial charge in [-0.15, -0.1) is 0 Å². The Balaban J connectivity index is 2.81. The molecule has 1 unspecified atom stereocenters. The van der Waals surface area contributed by atoms with E-state index in [9.17, 15) is 9.90 Å². The molecule has 0 amide bonds. The van der Waals surface area contributed by atoms with E-state index in [0.717, 1.165) is 5.57 Å². The molecule has 0 heterocycles.